The third kappa shape index (κ3) is 5.16. The number of rotatable bonds is 3. The Morgan fingerprint density at radius 3 is 2.18 bits per heavy atom. The minimum Gasteiger partial charge on any atom is -0.506 e. The molecule has 1 amide bonds. The maximum atomic E-state index is 10.9. The number of carbonyl (C=O) groups is 2. The van der Waals surface area contributed by atoms with E-state index in [0.717, 1.165) is 0 Å². The molecule has 116 valence electrons. The van der Waals surface area contributed by atoms with E-state index in [9.17, 15) is 14.7 Å². The van der Waals surface area contributed by atoms with Crippen molar-refractivity contribution < 1.29 is 19.8 Å². The van der Waals surface area contributed by atoms with E-state index in [4.69, 9.17) is 10.8 Å². The van der Waals surface area contributed by atoms with E-state index < -0.39 is 5.97 Å². The molecule has 0 aromatic heterocycles. The van der Waals surface area contributed by atoms with Crippen LogP contribution in [0.4, 0.5) is 11.4 Å². The monoisotopic (exact) mass is 302 g/mol. The zero-order chi connectivity index (χ0) is 16.5. The number of hydrogen-bond acceptors (Lipinski definition) is 4. The van der Waals surface area contributed by atoms with E-state index >= 15 is 0 Å². The molecule has 0 saturated carbocycles. The summed E-state index contributed by atoms with van der Waals surface area (Å²) in [5.41, 5.74) is 6.26. The molecule has 0 aliphatic carbocycles. The number of aromatic carboxylic acids is 1. The van der Waals surface area contributed by atoms with Crippen molar-refractivity contribution in [2.75, 3.05) is 11.1 Å². The van der Waals surface area contributed by atoms with Crippen LogP contribution in [0.2, 0.25) is 0 Å². The van der Waals surface area contributed by atoms with Crippen LogP contribution in [0, 0.1) is 0 Å². The van der Waals surface area contributed by atoms with Gasteiger partial charge in [-0.25, -0.2) is 4.79 Å². The van der Waals surface area contributed by atoms with Crippen molar-refractivity contribution in [3.63, 3.8) is 0 Å². The molecule has 2 aromatic carbocycles. The summed E-state index contributed by atoms with van der Waals surface area (Å²) < 4.78 is 0. The van der Waals surface area contributed by atoms with Crippen molar-refractivity contribution in [1.82, 2.24) is 0 Å². The van der Waals surface area contributed by atoms with Gasteiger partial charge < -0.3 is 21.3 Å². The second-order valence-corrected chi connectivity index (χ2v) is 4.31. The molecular formula is C16H18N2O4. The highest BCUT2D eigenvalue weighted by atomic mass is 16.4. The first-order valence-electron chi connectivity index (χ1n) is 6.61. The molecule has 2 rings (SSSR count). The number of carbonyl (C=O) groups excluding carboxylic acids is 1. The molecule has 0 bridgehead atoms. The van der Waals surface area contributed by atoms with Crippen LogP contribution in [0.5, 0.6) is 5.75 Å². The summed E-state index contributed by atoms with van der Waals surface area (Å²) in [5, 5.41) is 20.3. The molecule has 0 atom stereocenters. The van der Waals surface area contributed by atoms with Crippen LogP contribution in [-0.2, 0) is 4.79 Å². The van der Waals surface area contributed by atoms with Crippen LogP contribution in [0.25, 0.3) is 0 Å². The number of phenols is 1. The first kappa shape index (κ1) is 17.0. The van der Waals surface area contributed by atoms with Gasteiger partial charge in [0, 0.05) is 12.1 Å². The molecule has 6 nitrogen and oxygen atoms in total. The van der Waals surface area contributed by atoms with E-state index in [0.29, 0.717) is 17.8 Å². The van der Waals surface area contributed by atoms with Gasteiger partial charge in [0.15, 0.2) is 0 Å². The lowest BCUT2D eigenvalue weighted by Crippen LogP contribution is -2.09. The van der Waals surface area contributed by atoms with Gasteiger partial charge in [-0.2, -0.15) is 0 Å². The molecule has 6 heteroatoms. The van der Waals surface area contributed by atoms with Crippen LogP contribution < -0.4 is 11.1 Å². The van der Waals surface area contributed by atoms with Gasteiger partial charge in [0.2, 0.25) is 5.91 Å². The molecule has 5 N–H and O–H groups in total. The number of nitrogens with two attached hydrogens (primary N) is 1. The Bertz CT molecular complexity index is 656. The van der Waals surface area contributed by atoms with Crippen molar-refractivity contribution in [2.45, 2.75) is 13.3 Å². The van der Waals surface area contributed by atoms with Crippen LogP contribution in [0.1, 0.15) is 23.7 Å². The molecule has 0 aliphatic heterocycles. The Morgan fingerprint density at radius 2 is 1.68 bits per heavy atom. The quantitative estimate of drug-likeness (QED) is 0.514. The Kier molecular flexibility index (Phi) is 6.43. The predicted molar refractivity (Wildman–Crippen MR) is 84.8 cm³/mol. The van der Waals surface area contributed by atoms with Gasteiger partial charge in [0.05, 0.1) is 11.3 Å². The summed E-state index contributed by atoms with van der Waals surface area (Å²) >= 11 is 0. The molecule has 0 fully saturated rings. The van der Waals surface area contributed by atoms with Crippen LogP contribution in [0.15, 0.2) is 48.5 Å². The van der Waals surface area contributed by atoms with Crippen molar-refractivity contribution in [1.29, 1.82) is 0 Å². The minimum atomic E-state index is -0.988. The van der Waals surface area contributed by atoms with Gasteiger partial charge in [-0.05, 0) is 24.3 Å². The highest BCUT2D eigenvalue weighted by molar-refractivity contribution is 5.93. The number of aromatic hydroxyl groups is 1. The van der Waals surface area contributed by atoms with Gasteiger partial charge in [-0.1, -0.05) is 31.2 Å². The molecular weight excluding hydrogens is 284 g/mol. The Hall–Kier alpha value is -3.02. The zero-order valence-corrected chi connectivity index (χ0v) is 12.1. The van der Waals surface area contributed by atoms with E-state index in [1.165, 1.54) is 12.1 Å². The molecule has 0 radical (unpaired) electrons. The molecule has 0 heterocycles. The van der Waals surface area contributed by atoms with Crippen molar-refractivity contribution in [2.24, 2.45) is 0 Å². The average Bonchev–Trinajstić information content (AvgIpc) is 2.50. The number of nitrogens with one attached hydrogen (secondary N) is 1. The number of amides is 1. The smallest absolute Gasteiger partial charge is 0.337 e. The summed E-state index contributed by atoms with van der Waals surface area (Å²) in [6, 6.07) is 13.0. The average molecular weight is 302 g/mol. The fourth-order valence-corrected chi connectivity index (χ4v) is 1.51. The number of para-hydroxylation sites is 3. The number of anilines is 2. The van der Waals surface area contributed by atoms with Crippen LogP contribution in [-0.4, -0.2) is 22.1 Å². The van der Waals surface area contributed by atoms with E-state index in [2.05, 4.69) is 5.32 Å². The lowest BCUT2D eigenvalue weighted by Gasteiger charge is -2.04. The fraction of sp³-hybridized carbons (Fsp3) is 0.125. The largest absolute Gasteiger partial charge is 0.506 e. The maximum absolute atomic E-state index is 10.9. The van der Waals surface area contributed by atoms with Gasteiger partial charge in [-0.3, -0.25) is 4.79 Å². The van der Waals surface area contributed by atoms with Gasteiger partial charge in [0.25, 0.3) is 0 Å². The summed E-state index contributed by atoms with van der Waals surface area (Å²) in [7, 11) is 0. The van der Waals surface area contributed by atoms with E-state index in [1.54, 1.807) is 43.3 Å². The molecule has 0 saturated heterocycles. The zero-order valence-electron chi connectivity index (χ0n) is 12.1. The third-order valence-corrected chi connectivity index (χ3v) is 2.69. The summed E-state index contributed by atoms with van der Waals surface area (Å²) in [6.07, 6.45) is 0.411. The van der Waals surface area contributed by atoms with Crippen LogP contribution in [0.3, 0.4) is 0 Å². The minimum absolute atomic E-state index is 0.0966. The molecule has 0 spiro atoms. The van der Waals surface area contributed by atoms with E-state index in [1.807, 2.05) is 0 Å². The first-order valence-corrected chi connectivity index (χ1v) is 6.61. The SMILES string of the molecule is CCC(=O)Nc1ccccc1O.Nc1ccccc1C(=O)O. The van der Waals surface area contributed by atoms with Gasteiger partial charge >= 0.3 is 5.97 Å². The van der Waals surface area contributed by atoms with Gasteiger partial charge in [0.1, 0.15) is 5.75 Å². The number of hydrogen-bond donors (Lipinski definition) is 4. The number of benzene rings is 2. The summed E-state index contributed by atoms with van der Waals surface area (Å²) in [4.78, 5) is 21.3. The molecule has 0 unspecified atom stereocenters. The number of carboxylic acids is 1. The number of nitrogen functional groups attached to an aromatic ring is 1. The normalized spacial score (nSPS) is 9.32. The third-order valence-electron chi connectivity index (χ3n) is 2.69. The number of carboxylic acid groups (broad SMARTS) is 1. The van der Waals surface area contributed by atoms with Crippen molar-refractivity contribution in [3.8, 4) is 5.75 Å². The lowest BCUT2D eigenvalue weighted by molar-refractivity contribution is -0.115. The van der Waals surface area contributed by atoms with Crippen molar-refractivity contribution >= 4 is 23.3 Å². The standard InChI is InChI=1S/C9H11NO2.C7H7NO2/c1-2-9(12)10-7-5-3-4-6-8(7)11;8-6-4-2-1-3-5(6)7(9)10/h3-6,11H,2H2,1H3,(H,10,12);1-4H,8H2,(H,9,10). The van der Waals surface area contributed by atoms with Crippen molar-refractivity contribution in [3.05, 3.63) is 54.1 Å². The fourth-order valence-electron chi connectivity index (χ4n) is 1.51. The van der Waals surface area contributed by atoms with Gasteiger partial charge in [-0.15, -0.1) is 0 Å². The second kappa shape index (κ2) is 8.31. The highest BCUT2D eigenvalue weighted by Crippen LogP contribution is 2.21. The summed E-state index contributed by atoms with van der Waals surface area (Å²) in [6.45, 7) is 1.76. The first-order chi connectivity index (χ1) is 10.5. The molecule has 0 aliphatic rings. The second-order valence-electron chi connectivity index (χ2n) is 4.31. The molecule has 22 heavy (non-hydrogen) atoms. The van der Waals surface area contributed by atoms with E-state index in [-0.39, 0.29) is 17.2 Å². The highest BCUT2D eigenvalue weighted by Gasteiger charge is 2.04. The predicted octanol–water partition coefficient (Wildman–Crippen LogP) is 2.71. The maximum Gasteiger partial charge on any atom is 0.337 e. The van der Waals surface area contributed by atoms with Crippen LogP contribution >= 0.6 is 0 Å². The summed E-state index contributed by atoms with van der Waals surface area (Å²) in [5.74, 6) is -0.992. The molecule has 2 aromatic rings. The number of phenolic OH excluding ortho intramolecular Hbond substituents is 1. The Balaban J connectivity index is 0.000000224. The Morgan fingerprint density at radius 1 is 1.09 bits per heavy atom. The Labute approximate surface area is 128 Å². The topological polar surface area (TPSA) is 113 Å². The lowest BCUT2D eigenvalue weighted by atomic mass is 10.2.